The van der Waals surface area contributed by atoms with Gasteiger partial charge in [0.25, 0.3) is 0 Å². The minimum atomic E-state index is -0.547. The first-order chi connectivity index (χ1) is 10.1. The number of nitrogens with two attached hydrogens (primary N) is 1. The van der Waals surface area contributed by atoms with Crippen molar-refractivity contribution in [2.45, 2.75) is 56.5 Å². The third-order valence-electron chi connectivity index (χ3n) is 4.81. The lowest BCUT2D eigenvalue weighted by molar-refractivity contribution is -0.137. The fourth-order valence-corrected chi connectivity index (χ4v) is 3.20. The number of nitrogens with zero attached hydrogens (tertiary/aromatic N) is 1. The first-order valence-electron chi connectivity index (χ1n) is 7.96. The van der Waals surface area contributed by atoms with E-state index >= 15 is 0 Å². The Bertz CT molecular complexity index is 508. The molecule has 1 saturated heterocycles. The van der Waals surface area contributed by atoms with Crippen LogP contribution in [-0.4, -0.2) is 34.0 Å². The highest BCUT2D eigenvalue weighted by Gasteiger charge is 2.49. The molecule has 1 aromatic carbocycles. The molecular weight excluding hydrogens is 264 g/mol. The lowest BCUT2D eigenvalue weighted by atomic mass is 9.95. The van der Waals surface area contributed by atoms with E-state index in [4.69, 9.17) is 5.73 Å². The number of likely N-dealkylation sites (tertiary alicyclic amines) is 1. The number of hydrogen-bond donors (Lipinski definition) is 2. The van der Waals surface area contributed by atoms with Gasteiger partial charge in [-0.15, -0.1) is 0 Å². The van der Waals surface area contributed by atoms with E-state index in [0.717, 1.165) is 45.1 Å². The average molecular weight is 288 g/mol. The number of carbonyl (C=O) groups excluding carboxylic acids is 1. The van der Waals surface area contributed by atoms with Gasteiger partial charge in [0.2, 0.25) is 5.91 Å². The Morgan fingerprint density at radius 1 is 1.29 bits per heavy atom. The fourth-order valence-electron chi connectivity index (χ4n) is 3.20. The zero-order valence-corrected chi connectivity index (χ0v) is 12.4. The summed E-state index contributed by atoms with van der Waals surface area (Å²) in [5, 5.41) is 9.32. The molecule has 0 bridgehead atoms. The molecule has 2 fully saturated rings. The summed E-state index contributed by atoms with van der Waals surface area (Å²) in [7, 11) is 0. The molecule has 2 aliphatic rings. The fraction of sp³-hybridized carbons (Fsp3) is 0.588. The Hall–Kier alpha value is -1.55. The predicted octanol–water partition coefficient (Wildman–Crippen LogP) is 2.20. The molecule has 1 saturated carbocycles. The van der Waals surface area contributed by atoms with Crippen LogP contribution in [0.25, 0.3) is 0 Å². The normalized spacial score (nSPS) is 23.9. The van der Waals surface area contributed by atoms with E-state index in [0.29, 0.717) is 11.8 Å². The van der Waals surface area contributed by atoms with Crippen LogP contribution in [0.2, 0.25) is 0 Å². The maximum absolute atomic E-state index is 12.5. The average Bonchev–Trinajstić information content (AvgIpc) is 3.25. The number of rotatable bonds is 4. The van der Waals surface area contributed by atoms with Crippen molar-refractivity contribution in [3.63, 3.8) is 0 Å². The van der Waals surface area contributed by atoms with Crippen LogP contribution in [0.4, 0.5) is 0 Å². The Kier molecular flexibility index (Phi) is 3.89. The van der Waals surface area contributed by atoms with Gasteiger partial charge in [0.05, 0.1) is 5.54 Å². The summed E-state index contributed by atoms with van der Waals surface area (Å²) in [5.74, 6) is 0.463. The third-order valence-corrected chi connectivity index (χ3v) is 4.81. The van der Waals surface area contributed by atoms with E-state index in [9.17, 15) is 9.90 Å². The Balaban J connectivity index is 1.61. The second kappa shape index (κ2) is 5.68. The van der Waals surface area contributed by atoms with Gasteiger partial charge in [-0.05, 0) is 62.6 Å². The largest absolute Gasteiger partial charge is 0.508 e. The third kappa shape index (κ3) is 3.21. The summed E-state index contributed by atoms with van der Waals surface area (Å²) in [6, 6.07) is 7.67. The van der Waals surface area contributed by atoms with Crippen LogP contribution in [-0.2, 0) is 11.2 Å². The zero-order chi connectivity index (χ0) is 14.9. The second-order valence-corrected chi connectivity index (χ2v) is 6.51. The number of aryl methyl sites for hydroxylation is 1. The zero-order valence-electron chi connectivity index (χ0n) is 12.4. The Morgan fingerprint density at radius 2 is 2.00 bits per heavy atom. The summed E-state index contributed by atoms with van der Waals surface area (Å²) < 4.78 is 0. The van der Waals surface area contributed by atoms with Gasteiger partial charge < -0.3 is 15.7 Å². The van der Waals surface area contributed by atoms with Crippen molar-refractivity contribution < 1.29 is 9.90 Å². The molecule has 0 aromatic heterocycles. The Morgan fingerprint density at radius 3 is 2.67 bits per heavy atom. The number of benzene rings is 1. The molecule has 114 valence electrons. The lowest BCUT2D eigenvalue weighted by Gasteiger charge is -2.37. The smallest absolute Gasteiger partial charge is 0.242 e. The number of piperidine rings is 1. The van der Waals surface area contributed by atoms with Gasteiger partial charge in [-0.1, -0.05) is 12.1 Å². The van der Waals surface area contributed by atoms with Crippen molar-refractivity contribution in [2.75, 3.05) is 6.54 Å². The van der Waals surface area contributed by atoms with Gasteiger partial charge in [-0.3, -0.25) is 4.79 Å². The number of amides is 1. The van der Waals surface area contributed by atoms with Crippen LogP contribution in [0.3, 0.4) is 0 Å². The van der Waals surface area contributed by atoms with Crippen molar-refractivity contribution in [3.8, 4) is 5.75 Å². The number of carbonyl (C=O) groups is 1. The topological polar surface area (TPSA) is 66.6 Å². The van der Waals surface area contributed by atoms with Crippen LogP contribution < -0.4 is 5.73 Å². The first-order valence-corrected chi connectivity index (χ1v) is 7.96. The molecule has 1 aliphatic carbocycles. The minimum absolute atomic E-state index is 0.165. The highest BCUT2D eigenvalue weighted by atomic mass is 16.3. The molecule has 3 N–H and O–H groups in total. The van der Waals surface area contributed by atoms with E-state index in [1.807, 2.05) is 17.0 Å². The van der Waals surface area contributed by atoms with Crippen molar-refractivity contribution in [2.24, 2.45) is 5.73 Å². The second-order valence-electron chi connectivity index (χ2n) is 6.51. The molecule has 4 nitrogen and oxygen atoms in total. The molecular formula is C17H24N2O2. The highest BCUT2D eigenvalue weighted by molar-refractivity contribution is 5.89. The molecule has 1 amide bonds. The number of phenols is 1. The maximum Gasteiger partial charge on any atom is 0.242 e. The van der Waals surface area contributed by atoms with Gasteiger partial charge in [0.1, 0.15) is 5.75 Å². The van der Waals surface area contributed by atoms with Crippen LogP contribution in [0.1, 0.15) is 44.1 Å². The molecule has 1 atom stereocenters. The maximum atomic E-state index is 12.5. The van der Waals surface area contributed by atoms with Crippen molar-refractivity contribution in [1.82, 2.24) is 4.90 Å². The minimum Gasteiger partial charge on any atom is -0.508 e. The van der Waals surface area contributed by atoms with E-state index < -0.39 is 5.54 Å². The quantitative estimate of drug-likeness (QED) is 0.892. The van der Waals surface area contributed by atoms with Gasteiger partial charge in [-0.25, -0.2) is 0 Å². The van der Waals surface area contributed by atoms with E-state index in [1.165, 1.54) is 12.0 Å². The molecule has 1 aliphatic heterocycles. The summed E-state index contributed by atoms with van der Waals surface area (Å²) >= 11 is 0. The molecule has 0 spiro atoms. The van der Waals surface area contributed by atoms with Crippen molar-refractivity contribution in [3.05, 3.63) is 29.8 Å². The predicted molar refractivity (Wildman–Crippen MR) is 81.9 cm³/mol. The van der Waals surface area contributed by atoms with Crippen LogP contribution in [0.5, 0.6) is 5.75 Å². The summed E-state index contributed by atoms with van der Waals surface area (Å²) in [6.07, 6.45) is 6.97. The SMILES string of the molecule is NC1(C(=O)N2CCCC[C@H]2CCc2ccc(O)cc2)CC1. The molecule has 0 unspecified atom stereocenters. The summed E-state index contributed by atoms with van der Waals surface area (Å²) in [5.41, 5.74) is 6.75. The van der Waals surface area contributed by atoms with Gasteiger partial charge in [-0.2, -0.15) is 0 Å². The van der Waals surface area contributed by atoms with Crippen LogP contribution in [0.15, 0.2) is 24.3 Å². The highest BCUT2D eigenvalue weighted by Crippen LogP contribution is 2.36. The summed E-state index contributed by atoms with van der Waals surface area (Å²) in [4.78, 5) is 14.6. The monoisotopic (exact) mass is 288 g/mol. The molecule has 0 radical (unpaired) electrons. The van der Waals surface area contributed by atoms with Gasteiger partial charge in [0.15, 0.2) is 0 Å². The van der Waals surface area contributed by atoms with Crippen molar-refractivity contribution in [1.29, 1.82) is 0 Å². The molecule has 1 heterocycles. The van der Waals surface area contributed by atoms with Crippen LogP contribution in [0, 0.1) is 0 Å². The summed E-state index contributed by atoms with van der Waals surface area (Å²) in [6.45, 7) is 0.859. The van der Waals surface area contributed by atoms with Gasteiger partial charge >= 0.3 is 0 Å². The Labute approximate surface area is 125 Å². The van der Waals surface area contributed by atoms with Crippen LogP contribution >= 0.6 is 0 Å². The van der Waals surface area contributed by atoms with E-state index in [-0.39, 0.29) is 5.91 Å². The number of aromatic hydroxyl groups is 1. The molecule has 21 heavy (non-hydrogen) atoms. The van der Waals surface area contributed by atoms with E-state index in [2.05, 4.69) is 0 Å². The van der Waals surface area contributed by atoms with E-state index in [1.54, 1.807) is 12.1 Å². The number of hydrogen-bond acceptors (Lipinski definition) is 3. The molecule has 3 rings (SSSR count). The molecule has 4 heteroatoms. The standard InChI is InChI=1S/C17H24N2O2/c18-17(10-11-17)16(21)19-12-2-1-3-14(19)7-4-13-5-8-15(20)9-6-13/h5-6,8-9,14,20H,1-4,7,10-12,18H2/t14-/m0/s1. The lowest BCUT2D eigenvalue weighted by Crippen LogP contribution is -2.52. The van der Waals surface area contributed by atoms with Gasteiger partial charge in [0, 0.05) is 12.6 Å². The first kappa shape index (κ1) is 14.4. The number of phenolic OH excluding ortho intramolecular Hbond substituents is 1. The van der Waals surface area contributed by atoms with Crippen molar-refractivity contribution >= 4 is 5.91 Å². The molecule has 1 aromatic rings.